The van der Waals surface area contributed by atoms with Gasteiger partial charge in [-0.2, -0.15) is 0 Å². The summed E-state index contributed by atoms with van der Waals surface area (Å²) in [4.78, 5) is 12.3. The molecule has 1 amide bonds. The maximum absolute atomic E-state index is 12.3. The first-order valence-electron chi connectivity index (χ1n) is 8.29. The number of rotatable bonds is 8. The van der Waals surface area contributed by atoms with Gasteiger partial charge in [-0.1, -0.05) is 12.1 Å². The Morgan fingerprint density at radius 2 is 1.72 bits per heavy atom. The number of benzene rings is 2. The molecule has 1 N–H and O–H groups in total. The van der Waals surface area contributed by atoms with Gasteiger partial charge < -0.3 is 19.5 Å². The maximum atomic E-state index is 12.3. The first kappa shape index (κ1) is 18.6. The van der Waals surface area contributed by atoms with Crippen molar-refractivity contribution in [2.24, 2.45) is 0 Å². The summed E-state index contributed by atoms with van der Waals surface area (Å²) >= 11 is 0. The number of carbonyl (C=O) groups is 1. The molecule has 134 valence electrons. The highest BCUT2D eigenvalue weighted by Gasteiger charge is 2.12. The molecule has 0 aromatic heterocycles. The molecule has 0 aliphatic rings. The normalized spacial score (nSPS) is 10.4. The molecule has 0 atom stereocenters. The number of ether oxygens (including phenoxy) is 3. The molecule has 25 heavy (non-hydrogen) atoms. The van der Waals surface area contributed by atoms with E-state index in [4.69, 9.17) is 14.2 Å². The van der Waals surface area contributed by atoms with Crippen LogP contribution in [0.5, 0.6) is 17.2 Å². The van der Waals surface area contributed by atoms with Crippen molar-refractivity contribution in [1.29, 1.82) is 0 Å². The fourth-order valence-electron chi connectivity index (χ4n) is 2.37. The second kappa shape index (κ2) is 8.97. The van der Waals surface area contributed by atoms with Crippen LogP contribution in [0, 0.1) is 0 Å². The van der Waals surface area contributed by atoms with Crippen LogP contribution in [0.1, 0.15) is 29.8 Å². The Hall–Kier alpha value is -2.69. The maximum Gasteiger partial charge on any atom is 0.251 e. The van der Waals surface area contributed by atoms with E-state index in [1.54, 1.807) is 32.4 Å². The minimum atomic E-state index is -0.136. The number of methoxy groups -OCH3 is 2. The van der Waals surface area contributed by atoms with Crippen LogP contribution in [0.2, 0.25) is 0 Å². The Bertz CT molecular complexity index is 695. The number of amides is 1. The first-order chi connectivity index (χ1) is 12.0. The Kier molecular flexibility index (Phi) is 6.69. The lowest BCUT2D eigenvalue weighted by molar-refractivity contribution is 0.0953. The van der Waals surface area contributed by atoms with E-state index in [2.05, 4.69) is 5.32 Å². The second-order valence-electron chi connectivity index (χ2n) is 5.89. The molecule has 0 aliphatic heterocycles. The zero-order valence-electron chi connectivity index (χ0n) is 15.2. The Morgan fingerprint density at radius 1 is 1.00 bits per heavy atom. The Balaban J connectivity index is 1.93. The SMILES string of the molecule is COc1ccc(CCNC(=O)c2ccc(OC(C)C)c(OC)c2)cc1. The average Bonchev–Trinajstić information content (AvgIpc) is 2.62. The van der Waals surface area contributed by atoms with E-state index in [-0.39, 0.29) is 12.0 Å². The number of carbonyl (C=O) groups excluding carboxylic acids is 1. The van der Waals surface area contributed by atoms with Gasteiger partial charge in [0.15, 0.2) is 11.5 Å². The largest absolute Gasteiger partial charge is 0.497 e. The van der Waals surface area contributed by atoms with Crippen LogP contribution >= 0.6 is 0 Å². The van der Waals surface area contributed by atoms with Crippen LogP contribution in [0.3, 0.4) is 0 Å². The van der Waals surface area contributed by atoms with Gasteiger partial charge in [0.05, 0.1) is 20.3 Å². The average molecular weight is 343 g/mol. The van der Waals surface area contributed by atoms with Gasteiger partial charge in [-0.25, -0.2) is 0 Å². The van der Waals surface area contributed by atoms with Crippen LogP contribution in [0.25, 0.3) is 0 Å². The van der Waals surface area contributed by atoms with Crippen molar-refractivity contribution in [3.05, 3.63) is 53.6 Å². The fraction of sp³-hybridized carbons (Fsp3) is 0.350. The van der Waals surface area contributed by atoms with E-state index in [9.17, 15) is 4.79 Å². The van der Waals surface area contributed by atoms with Crippen molar-refractivity contribution in [3.8, 4) is 17.2 Å². The molecule has 0 fully saturated rings. The van der Waals surface area contributed by atoms with Gasteiger partial charge in [-0.3, -0.25) is 4.79 Å². The molecule has 0 aliphatic carbocycles. The number of nitrogens with one attached hydrogen (secondary N) is 1. The molecule has 2 rings (SSSR count). The molecule has 2 aromatic carbocycles. The molecule has 0 radical (unpaired) electrons. The van der Waals surface area contributed by atoms with Crippen LogP contribution in [-0.2, 0) is 6.42 Å². The van der Waals surface area contributed by atoms with E-state index >= 15 is 0 Å². The van der Waals surface area contributed by atoms with Crippen molar-refractivity contribution in [2.45, 2.75) is 26.4 Å². The van der Waals surface area contributed by atoms with Gasteiger partial charge in [0, 0.05) is 12.1 Å². The van der Waals surface area contributed by atoms with Crippen molar-refractivity contribution < 1.29 is 19.0 Å². The predicted molar refractivity (Wildman–Crippen MR) is 97.8 cm³/mol. The Morgan fingerprint density at radius 3 is 2.32 bits per heavy atom. The first-order valence-corrected chi connectivity index (χ1v) is 8.29. The van der Waals surface area contributed by atoms with Crippen LogP contribution in [-0.4, -0.2) is 32.8 Å². The quantitative estimate of drug-likeness (QED) is 0.797. The summed E-state index contributed by atoms with van der Waals surface area (Å²) in [5, 5.41) is 2.92. The highest BCUT2D eigenvalue weighted by Crippen LogP contribution is 2.28. The molecule has 0 bridgehead atoms. The fourth-order valence-corrected chi connectivity index (χ4v) is 2.37. The number of hydrogen-bond donors (Lipinski definition) is 1. The van der Waals surface area contributed by atoms with Crippen LogP contribution in [0.15, 0.2) is 42.5 Å². The van der Waals surface area contributed by atoms with E-state index < -0.39 is 0 Å². The van der Waals surface area contributed by atoms with Crippen LogP contribution < -0.4 is 19.5 Å². The molecule has 0 saturated heterocycles. The molecular formula is C20H25NO4. The number of hydrogen-bond acceptors (Lipinski definition) is 4. The molecule has 5 heteroatoms. The monoisotopic (exact) mass is 343 g/mol. The third kappa shape index (κ3) is 5.41. The lowest BCUT2D eigenvalue weighted by Gasteiger charge is -2.14. The van der Waals surface area contributed by atoms with Crippen LogP contribution in [0.4, 0.5) is 0 Å². The molecular weight excluding hydrogens is 318 g/mol. The van der Waals surface area contributed by atoms with Gasteiger partial charge in [0.2, 0.25) is 0 Å². The van der Waals surface area contributed by atoms with Gasteiger partial charge in [0.1, 0.15) is 5.75 Å². The molecule has 0 unspecified atom stereocenters. The zero-order valence-corrected chi connectivity index (χ0v) is 15.2. The Labute approximate surface area is 148 Å². The molecule has 2 aromatic rings. The summed E-state index contributed by atoms with van der Waals surface area (Å²) < 4.78 is 16.1. The topological polar surface area (TPSA) is 56.8 Å². The van der Waals surface area contributed by atoms with E-state index in [1.807, 2.05) is 38.1 Å². The van der Waals surface area contributed by atoms with Crippen molar-refractivity contribution >= 4 is 5.91 Å². The van der Waals surface area contributed by atoms with E-state index in [0.717, 1.165) is 17.7 Å². The molecule has 0 heterocycles. The third-order valence-electron chi connectivity index (χ3n) is 3.65. The van der Waals surface area contributed by atoms with Gasteiger partial charge in [-0.05, 0) is 56.2 Å². The smallest absolute Gasteiger partial charge is 0.251 e. The lowest BCUT2D eigenvalue weighted by atomic mass is 10.1. The van der Waals surface area contributed by atoms with Crippen molar-refractivity contribution in [2.75, 3.05) is 20.8 Å². The highest BCUT2D eigenvalue weighted by atomic mass is 16.5. The highest BCUT2D eigenvalue weighted by molar-refractivity contribution is 5.94. The minimum absolute atomic E-state index is 0.0399. The van der Waals surface area contributed by atoms with E-state index in [1.165, 1.54) is 0 Å². The summed E-state index contributed by atoms with van der Waals surface area (Å²) in [5.41, 5.74) is 1.68. The van der Waals surface area contributed by atoms with Gasteiger partial charge in [0.25, 0.3) is 5.91 Å². The summed E-state index contributed by atoms with van der Waals surface area (Å²) in [6.45, 7) is 4.44. The van der Waals surface area contributed by atoms with Gasteiger partial charge in [-0.15, -0.1) is 0 Å². The van der Waals surface area contributed by atoms with E-state index in [0.29, 0.717) is 23.6 Å². The molecule has 0 saturated carbocycles. The minimum Gasteiger partial charge on any atom is -0.497 e. The summed E-state index contributed by atoms with van der Waals surface area (Å²) in [6, 6.07) is 13.0. The van der Waals surface area contributed by atoms with Gasteiger partial charge >= 0.3 is 0 Å². The predicted octanol–water partition coefficient (Wildman–Crippen LogP) is 3.46. The van der Waals surface area contributed by atoms with Crippen molar-refractivity contribution in [3.63, 3.8) is 0 Å². The lowest BCUT2D eigenvalue weighted by Crippen LogP contribution is -2.25. The second-order valence-corrected chi connectivity index (χ2v) is 5.89. The standard InChI is InChI=1S/C20H25NO4/c1-14(2)25-18-10-7-16(13-19(18)24-4)20(22)21-12-11-15-5-8-17(23-3)9-6-15/h5-10,13-14H,11-12H2,1-4H3,(H,21,22). The molecule has 0 spiro atoms. The summed E-state index contributed by atoms with van der Waals surface area (Å²) in [5.74, 6) is 1.87. The summed E-state index contributed by atoms with van der Waals surface area (Å²) in [7, 11) is 3.20. The zero-order chi connectivity index (χ0) is 18.2. The van der Waals surface area contributed by atoms with Crippen molar-refractivity contribution in [1.82, 2.24) is 5.32 Å². The molecule has 5 nitrogen and oxygen atoms in total. The third-order valence-corrected chi connectivity index (χ3v) is 3.65. The summed E-state index contributed by atoms with van der Waals surface area (Å²) in [6.07, 6.45) is 0.791.